The van der Waals surface area contributed by atoms with E-state index < -0.39 is 0 Å². The number of rotatable bonds is 1. The van der Waals surface area contributed by atoms with E-state index in [1.165, 1.54) is 13.5 Å². The largest absolute Gasteiger partial charge is 0.464 e. The van der Waals surface area contributed by atoms with Crippen LogP contribution >= 0.6 is 8.19 Å². The van der Waals surface area contributed by atoms with Crippen molar-refractivity contribution in [3.8, 4) is 11.1 Å². The SMILES string of the molecule is c1ccc(-c2ccco2)pc1. The Balaban J connectivity index is 2.46. The Bertz CT molecular complexity index is 313. The highest BCUT2D eigenvalue weighted by Crippen LogP contribution is 2.26. The van der Waals surface area contributed by atoms with Crippen molar-refractivity contribution in [1.82, 2.24) is 0 Å². The summed E-state index contributed by atoms with van der Waals surface area (Å²) in [5, 5.41) is 1.22. The third-order valence-electron chi connectivity index (χ3n) is 1.44. The lowest BCUT2D eigenvalue weighted by Crippen LogP contribution is -1.63. The molecule has 0 saturated heterocycles. The van der Waals surface area contributed by atoms with Crippen molar-refractivity contribution in [3.63, 3.8) is 0 Å². The van der Waals surface area contributed by atoms with Crippen molar-refractivity contribution in [2.45, 2.75) is 0 Å². The van der Waals surface area contributed by atoms with Crippen molar-refractivity contribution in [2.24, 2.45) is 0 Å². The van der Waals surface area contributed by atoms with Crippen LogP contribution < -0.4 is 0 Å². The van der Waals surface area contributed by atoms with Gasteiger partial charge in [-0.25, -0.2) is 0 Å². The van der Waals surface area contributed by atoms with Gasteiger partial charge in [0.25, 0.3) is 0 Å². The maximum atomic E-state index is 5.24. The number of hydrogen-bond donors (Lipinski definition) is 0. The lowest BCUT2D eigenvalue weighted by atomic mass is 10.3. The lowest BCUT2D eigenvalue weighted by molar-refractivity contribution is 0.584. The molecule has 2 aromatic heterocycles. The van der Waals surface area contributed by atoms with Crippen LogP contribution in [0.25, 0.3) is 11.1 Å². The molecule has 0 aliphatic rings. The molecule has 2 aromatic rings. The van der Waals surface area contributed by atoms with E-state index in [0.717, 1.165) is 5.76 Å². The average Bonchev–Trinajstić information content (AvgIpc) is 2.58. The molecule has 0 radical (unpaired) electrons. The first kappa shape index (κ1) is 6.63. The molecule has 2 heterocycles. The van der Waals surface area contributed by atoms with Crippen LogP contribution in [0.4, 0.5) is 0 Å². The molecule has 0 saturated carbocycles. The third-order valence-corrected chi connectivity index (χ3v) is 2.41. The Kier molecular flexibility index (Phi) is 1.74. The highest BCUT2D eigenvalue weighted by Gasteiger charge is 1.96. The van der Waals surface area contributed by atoms with Crippen LogP contribution in [-0.2, 0) is 0 Å². The standard InChI is InChI=1S/C9H7OP/c1-2-7-11-9(5-1)8-4-3-6-10-8/h1-7H. The van der Waals surface area contributed by atoms with Crippen molar-refractivity contribution >= 4 is 8.19 Å². The van der Waals surface area contributed by atoms with Gasteiger partial charge < -0.3 is 4.42 Å². The topological polar surface area (TPSA) is 13.1 Å². The summed E-state index contributed by atoms with van der Waals surface area (Å²) in [6.07, 6.45) is 1.70. The van der Waals surface area contributed by atoms with Gasteiger partial charge in [0.2, 0.25) is 0 Å². The van der Waals surface area contributed by atoms with Crippen LogP contribution in [0.3, 0.4) is 0 Å². The molecule has 2 heteroatoms. The molecular formula is C9H7OP. The summed E-state index contributed by atoms with van der Waals surface area (Å²) in [5.41, 5.74) is 0. The second-order valence-corrected chi connectivity index (χ2v) is 3.23. The minimum absolute atomic E-state index is 0.965. The Labute approximate surface area is 66.8 Å². The van der Waals surface area contributed by atoms with Crippen LogP contribution in [0.15, 0.2) is 46.8 Å². The van der Waals surface area contributed by atoms with E-state index in [9.17, 15) is 0 Å². The van der Waals surface area contributed by atoms with E-state index >= 15 is 0 Å². The number of furan rings is 1. The molecule has 1 nitrogen and oxygen atoms in total. The molecule has 0 unspecified atom stereocenters. The minimum atomic E-state index is 0.965. The fourth-order valence-corrected chi connectivity index (χ4v) is 1.71. The van der Waals surface area contributed by atoms with E-state index in [1.54, 1.807) is 6.26 Å². The van der Waals surface area contributed by atoms with Gasteiger partial charge in [0, 0.05) is 5.30 Å². The van der Waals surface area contributed by atoms with E-state index in [1.807, 2.05) is 24.3 Å². The van der Waals surface area contributed by atoms with Gasteiger partial charge in [0.15, 0.2) is 0 Å². The Hall–Kier alpha value is -1.07. The van der Waals surface area contributed by atoms with Crippen LogP contribution in [0.1, 0.15) is 0 Å². The molecule has 11 heavy (non-hydrogen) atoms. The van der Waals surface area contributed by atoms with Gasteiger partial charge in [-0.15, -0.1) is 0 Å². The second kappa shape index (κ2) is 2.89. The Morgan fingerprint density at radius 2 is 2.09 bits per heavy atom. The van der Waals surface area contributed by atoms with Crippen molar-refractivity contribution < 1.29 is 4.42 Å². The molecule has 0 amide bonds. The Morgan fingerprint density at radius 1 is 1.09 bits per heavy atom. The van der Waals surface area contributed by atoms with Crippen LogP contribution in [0.5, 0.6) is 0 Å². The highest BCUT2D eigenvalue weighted by molar-refractivity contribution is 7.33. The summed E-state index contributed by atoms with van der Waals surface area (Å²) < 4.78 is 5.24. The maximum Gasteiger partial charge on any atom is 0.138 e. The molecule has 0 aromatic carbocycles. The average molecular weight is 162 g/mol. The van der Waals surface area contributed by atoms with Crippen molar-refractivity contribution in [2.75, 3.05) is 0 Å². The quantitative estimate of drug-likeness (QED) is 0.625. The first-order valence-electron chi connectivity index (χ1n) is 3.42. The van der Waals surface area contributed by atoms with Gasteiger partial charge in [0.05, 0.1) is 6.26 Å². The van der Waals surface area contributed by atoms with E-state index in [4.69, 9.17) is 4.42 Å². The molecule has 0 spiro atoms. The van der Waals surface area contributed by atoms with E-state index in [-0.39, 0.29) is 0 Å². The predicted molar refractivity (Wildman–Crippen MR) is 46.7 cm³/mol. The third kappa shape index (κ3) is 1.33. The van der Waals surface area contributed by atoms with Crippen molar-refractivity contribution in [3.05, 3.63) is 42.4 Å². The zero-order valence-electron chi connectivity index (χ0n) is 5.90. The predicted octanol–water partition coefficient (Wildman–Crippen LogP) is 3.53. The lowest BCUT2D eigenvalue weighted by Gasteiger charge is -1.91. The first-order valence-corrected chi connectivity index (χ1v) is 4.38. The minimum Gasteiger partial charge on any atom is -0.464 e. The fourth-order valence-electron chi connectivity index (χ4n) is 0.933. The van der Waals surface area contributed by atoms with Gasteiger partial charge >= 0.3 is 0 Å². The normalized spacial score (nSPS) is 10.5. The van der Waals surface area contributed by atoms with Gasteiger partial charge in [-0.1, -0.05) is 20.3 Å². The molecule has 0 bridgehead atoms. The molecule has 0 fully saturated rings. The molecule has 0 aliphatic carbocycles. The molecule has 2 rings (SSSR count). The van der Waals surface area contributed by atoms with Crippen LogP contribution in [0.2, 0.25) is 0 Å². The summed E-state index contributed by atoms with van der Waals surface area (Å²) in [6.45, 7) is 0. The van der Waals surface area contributed by atoms with Gasteiger partial charge in [0.1, 0.15) is 5.76 Å². The molecule has 0 N–H and O–H groups in total. The van der Waals surface area contributed by atoms with E-state index in [2.05, 4.69) is 11.9 Å². The summed E-state index contributed by atoms with van der Waals surface area (Å²) in [7, 11) is 1.21. The van der Waals surface area contributed by atoms with Gasteiger partial charge in [-0.3, -0.25) is 0 Å². The fraction of sp³-hybridized carbons (Fsp3) is 0. The van der Waals surface area contributed by atoms with Gasteiger partial charge in [-0.05, 0) is 24.0 Å². The molecular weight excluding hydrogens is 155 g/mol. The zero-order valence-corrected chi connectivity index (χ0v) is 6.79. The molecule has 0 aliphatic heterocycles. The van der Waals surface area contributed by atoms with Crippen LogP contribution in [0, 0.1) is 0 Å². The van der Waals surface area contributed by atoms with Crippen molar-refractivity contribution in [1.29, 1.82) is 0 Å². The Morgan fingerprint density at radius 3 is 2.73 bits per heavy atom. The zero-order chi connectivity index (χ0) is 7.52. The second-order valence-electron chi connectivity index (χ2n) is 2.19. The summed E-state index contributed by atoms with van der Waals surface area (Å²) >= 11 is 0. The summed E-state index contributed by atoms with van der Waals surface area (Å²) in [5.74, 6) is 3.06. The van der Waals surface area contributed by atoms with Gasteiger partial charge in [-0.2, -0.15) is 0 Å². The first-order chi connectivity index (χ1) is 5.47. The highest BCUT2D eigenvalue weighted by atomic mass is 31.0. The number of hydrogen-bond acceptors (Lipinski definition) is 1. The van der Waals surface area contributed by atoms with Crippen LogP contribution in [-0.4, -0.2) is 0 Å². The molecule has 54 valence electrons. The van der Waals surface area contributed by atoms with E-state index in [0.29, 0.717) is 0 Å². The maximum absolute atomic E-state index is 5.24. The smallest absolute Gasteiger partial charge is 0.138 e. The summed E-state index contributed by atoms with van der Waals surface area (Å²) in [4.78, 5) is 0. The monoisotopic (exact) mass is 162 g/mol. The summed E-state index contributed by atoms with van der Waals surface area (Å²) in [6, 6.07) is 10.0. The molecule has 0 atom stereocenters.